The maximum Gasteiger partial charge on any atom is 0.320 e. The molecule has 8 nitrogen and oxygen atoms in total. The zero-order valence-electron chi connectivity index (χ0n) is 14.8. The molecule has 0 aliphatic heterocycles. The van der Waals surface area contributed by atoms with Gasteiger partial charge in [-0.1, -0.05) is 13.8 Å². The van der Waals surface area contributed by atoms with E-state index >= 15 is 0 Å². The molecule has 0 saturated heterocycles. The van der Waals surface area contributed by atoms with Crippen molar-refractivity contribution >= 4 is 33.4 Å². The van der Waals surface area contributed by atoms with Crippen molar-refractivity contribution in [2.45, 2.75) is 33.4 Å². The number of carbonyl (C=O) groups is 1. The van der Waals surface area contributed by atoms with Crippen LogP contribution in [0.4, 0.5) is 10.6 Å². The fourth-order valence-electron chi connectivity index (χ4n) is 2.50. The molecule has 0 saturated carbocycles. The van der Waals surface area contributed by atoms with Crippen LogP contribution in [0.2, 0.25) is 0 Å². The van der Waals surface area contributed by atoms with Crippen molar-refractivity contribution in [1.82, 2.24) is 24.6 Å². The second-order valence-electron chi connectivity index (χ2n) is 6.39. The molecule has 9 heteroatoms. The molecule has 0 aromatic carbocycles. The lowest BCUT2D eigenvalue weighted by atomic mass is 10.1. The summed E-state index contributed by atoms with van der Waals surface area (Å²) in [6.45, 7) is 5.73. The Hall–Kier alpha value is -2.68. The van der Waals surface area contributed by atoms with Gasteiger partial charge in [0.2, 0.25) is 0 Å². The fraction of sp³-hybridized carbons (Fsp3) is 0.412. The number of anilines is 1. The molecule has 0 atom stereocenters. The minimum absolute atomic E-state index is 0.0924. The molecule has 0 bridgehead atoms. The predicted octanol–water partition coefficient (Wildman–Crippen LogP) is 2.52. The van der Waals surface area contributed by atoms with Gasteiger partial charge in [0.1, 0.15) is 10.6 Å². The molecular weight excluding hydrogens is 352 g/mol. The topological polar surface area (TPSA) is 93.8 Å². The quantitative estimate of drug-likeness (QED) is 0.664. The summed E-state index contributed by atoms with van der Waals surface area (Å²) in [5, 5.41) is 12.2. The van der Waals surface area contributed by atoms with Crippen LogP contribution in [0.1, 0.15) is 20.3 Å². The second kappa shape index (κ2) is 8.13. The average molecular weight is 374 g/mol. The smallest absolute Gasteiger partial charge is 0.320 e. The lowest BCUT2D eigenvalue weighted by Crippen LogP contribution is -2.34. The first-order valence-electron chi connectivity index (χ1n) is 8.54. The van der Waals surface area contributed by atoms with E-state index in [2.05, 4.69) is 34.6 Å². The SMILES string of the molecule is CC(C)CCn1nccc1NC(=O)NCCn1cnc2sccc2c1=O. The summed E-state index contributed by atoms with van der Waals surface area (Å²) in [6, 6.07) is 3.21. The van der Waals surface area contributed by atoms with Crippen molar-refractivity contribution in [3.05, 3.63) is 40.4 Å². The van der Waals surface area contributed by atoms with Crippen molar-refractivity contribution in [2.75, 3.05) is 11.9 Å². The molecule has 138 valence electrons. The highest BCUT2D eigenvalue weighted by atomic mass is 32.1. The number of fused-ring (bicyclic) bond motifs is 1. The van der Waals surface area contributed by atoms with E-state index in [-0.39, 0.29) is 11.6 Å². The first-order chi connectivity index (χ1) is 12.5. The van der Waals surface area contributed by atoms with E-state index in [0.717, 1.165) is 17.8 Å². The Morgan fingerprint density at radius 3 is 2.96 bits per heavy atom. The number of urea groups is 1. The third-order valence-electron chi connectivity index (χ3n) is 3.97. The number of aromatic nitrogens is 4. The summed E-state index contributed by atoms with van der Waals surface area (Å²) < 4.78 is 3.28. The number of hydrogen-bond acceptors (Lipinski definition) is 5. The third kappa shape index (κ3) is 4.29. The van der Waals surface area contributed by atoms with Crippen LogP contribution in [0.5, 0.6) is 0 Å². The summed E-state index contributed by atoms with van der Waals surface area (Å²) in [6.07, 6.45) is 4.16. The van der Waals surface area contributed by atoms with Crippen molar-refractivity contribution < 1.29 is 4.79 Å². The van der Waals surface area contributed by atoms with E-state index in [0.29, 0.717) is 30.2 Å². The maximum atomic E-state index is 12.3. The van der Waals surface area contributed by atoms with Crippen LogP contribution in [0.3, 0.4) is 0 Å². The zero-order chi connectivity index (χ0) is 18.5. The van der Waals surface area contributed by atoms with Gasteiger partial charge in [-0.05, 0) is 23.8 Å². The number of thiophene rings is 1. The molecule has 2 amide bonds. The van der Waals surface area contributed by atoms with Crippen LogP contribution in [-0.2, 0) is 13.1 Å². The lowest BCUT2D eigenvalue weighted by molar-refractivity contribution is 0.251. The number of nitrogens with zero attached hydrogens (tertiary/aromatic N) is 4. The monoisotopic (exact) mass is 374 g/mol. The molecule has 0 fully saturated rings. The van der Waals surface area contributed by atoms with Gasteiger partial charge in [-0.15, -0.1) is 11.3 Å². The molecule has 3 aromatic rings. The molecule has 0 spiro atoms. The minimum atomic E-state index is -0.325. The fourth-order valence-corrected chi connectivity index (χ4v) is 3.22. The van der Waals surface area contributed by atoms with Gasteiger partial charge in [-0.2, -0.15) is 5.10 Å². The van der Waals surface area contributed by atoms with Crippen molar-refractivity contribution in [2.24, 2.45) is 5.92 Å². The van der Waals surface area contributed by atoms with E-state index < -0.39 is 0 Å². The standard InChI is InChI=1S/C17H22N6O2S/c1-12(2)4-8-23-14(3-6-20-23)21-17(25)18-7-9-22-11-19-15-13(16(22)24)5-10-26-15/h3,5-6,10-12H,4,7-9H2,1-2H3,(H2,18,21,25). The second-order valence-corrected chi connectivity index (χ2v) is 7.28. The minimum Gasteiger partial charge on any atom is -0.336 e. The van der Waals surface area contributed by atoms with Gasteiger partial charge in [-0.3, -0.25) is 14.7 Å². The number of aryl methyl sites for hydroxylation is 1. The van der Waals surface area contributed by atoms with E-state index in [1.807, 2.05) is 5.38 Å². The first kappa shape index (κ1) is 18.1. The van der Waals surface area contributed by atoms with Crippen LogP contribution in [0, 0.1) is 5.92 Å². The number of rotatable bonds is 7. The largest absolute Gasteiger partial charge is 0.336 e. The third-order valence-corrected chi connectivity index (χ3v) is 4.79. The molecule has 0 aliphatic carbocycles. The summed E-state index contributed by atoms with van der Waals surface area (Å²) >= 11 is 1.44. The zero-order valence-corrected chi connectivity index (χ0v) is 15.6. The average Bonchev–Trinajstić information content (AvgIpc) is 3.24. The highest BCUT2D eigenvalue weighted by Gasteiger charge is 2.08. The molecule has 0 radical (unpaired) electrons. The van der Waals surface area contributed by atoms with Gasteiger partial charge in [0.15, 0.2) is 0 Å². The molecule has 3 rings (SSSR count). The molecule has 2 N–H and O–H groups in total. The summed E-state index contributed by atoms with van der Waals surface area (Å²) in [5.74, 6) is 1.22. The van der Waals surface area contributed by atoms with E-state index in [1.165, 1.54) is 22.2 Å². The number of amides is 2. The predicted molar refractivity (Wildman–Crippen MR) is 103 cm³/mol. The van der Waals surface area contributed by atoms with Crippen LogP contribution in [-0.4, -0.2) is 31.9 Å². The van der Waals surface area contributed by atoms with Gasteiger partial charge in [0.25, 0.3) is 5.56 Å². The molecular formula is C17H22N6O2S. The summed E-state index contributed by atoms with van der Waals surface area (Å²) in [5.41, 5.74) is -0.0924. The highest BCUT2D eigenvalue weighted by Crippen LogP contribution is 2.13. The van der Waals surface area contributed by atoms with Crippen LogP contribution >= 0.6 is 11.3 Å². The van der Waals surface area contributed by atoms with Gasteiger partial charge >= 0.3 is 6.03 Å². The van der Waals surface area contributed by atoms with Crippen molar-refractivity contribution in [1.29, 1.82) is 0 Å². The van der Waals surface area contributed by atoms with Gasteiger partial charge in [0.05, 0.1) is 17.9 Å². The maximum absolute atomic E-state index is 12.3. The first-order valence-corrected chi connectivity index (χ1v) is 9.42. The Morgan fingerprint density at radius 2 is 2.15 bits per heavy atom. The Bertz CT molecular complexity index is 942. The number of hydrogen-bond donors (Lipinski definition) is 2. The molecule has 3 heterocycles. The van der Waals surface area contributed by atoms with Crippen molar-refractivity contribution in [3.63, 3.8) is 0 Å². The summed E-state index contributed by atoms with van der Waals surface area (Å²) in [7, 11) is 0. The molecule has 26 heavy (non-hydrogen) atoms. The number of carbonyl (C=O) groups excluding carboxylic acids is 1. The van der Waals surface area contributed by atoms with Crippen LogP contribution in [0.15, 0.2) is 34.8 Å². The molecule has 3 aromatic heterocycles. The molecule has 0 unspecified atom stereocenters. The Labute approximate surface area is 154 Å². The summed E-state index contributed by atoms with van der Waals surface area (Å²) in [4.78, 5) is 29.3. The van der Waals surface area contributed by atoms with Gasteiger partial charge in [0, 0.05) is 25.7 Å². The van der Waals surface area contributed by atoms with Crippen LogP contribution < -0.4 is 16.2 Å². The molecule has 0 aliphatic rings. The van der Waals surface area contributed by atoms with E-state index in [1.54, 1.807) is 23.0 Å². The van der Waals surface area contributed by atoms with Gasteiger partial charge < -0.3 is 5.32 Å². The lowest BCUT2D eigenvalue weighted by Gasteiger charge is -2.11. The number of nitrogens with one attached hydrogen (secondary N) is 2. The Morgan fingerprint density at radius 1 is 1.31 bits per heavy atom. The highest BCUT2D eigenvalue weighted by molar-refractivity contribution is 7.16. The normalized spacial score (nSPS) is 11.2. The Balaban J connectivity index is 1.52. The Kier molecular flexibility index (Phi) is 5.67. The van der Waals surface area contributed by atoms with Crippen LogP contribution in [0.25, 0.3) is 10.2 Å². The van der Waals surface area contributed by atoms with E-state index in [9.17, 15) is 9.59 Å². The van der Waals surface area contributed by atoms with Crippen molar-refractivity contribution in [3.8, 4) is 0 Å². The van der Waals surface area contributed by atoms with Gasteiger partial charge in [-0.25, -0.2) is 14.5 Å². The van der Waals surface area contributed by atoms with E-state index in [4.69, 9.17) is 0 Å².